The highest BCUT2D eigenvalue weighted by molar-refractivity contribution is 6.05. The lowest BCUT2D eigenvalue weighted by Gasteiger charge is -2.29. The van der Waals surface area contributed by atoms with E-state index >= 15 is 0 Å². The molecule has 250 valence electrons. The van der Waals surface area contributed by atoms with Gasteiger partial charge in [-0.25, -0.2) is 0 Å². The highest BCUT2D eigenvalue weighted by atomic mass is 16.3. The maximum Gasteiger partial charge on any atom is 0.274 e. The second-order valence-corrected chi connectivity index (χ2v) is 13.0. The lowest BCUT2D eigenvalue weighted by molar-refractivity contribution is 0.0791. The largest absolute Gasteiger partial charge is 0.393 e. The SMILES string of the molecule is Cc1c(NC(=O)c2ccc(CN[C@@H]3CCC[C@H]3O)cn2)cccc1-c1cccc(NC(=O)c2ccc(CN3CCC(O)CC3)cn2)c1C. The summed E-state index contributed by atoms with van der Waals surface area (Å²) in [6, 6.07) is 18.9. The van der Waals surface area contributed by atoms with Crippen LogP contribution in [-0.2, 0) is 13.1 Å². The van der Waals surface area contributed by atoms with Crippen molar-refractivity contribution in [1.29, 1.82) is 0 Å². The van der Waals surface area contributed by atoms with Crippen molar-refractivity contribution in [2.24, 2.45) is 0 Å². The third-order valence-electron chi connectivity index (χ3n) is 9.58. The number of nitrogens with one attached hydrogen (secondary N) is 3. The fourth-order valence-corrected chi connectivity index (χ4v) is 6.58. The first kappa shape index (κ1) is 33.4. The van der Waals surface area contributed by atoms with Gasteiger partial charge in [0.2, 0.25) is 0 Å². The molecule has 6 rings (SSSR count). The molecular formula is C38H44N6O4. The number of aromatic nitrogens is 2. The standard InChI is InChI=1S/C38H44N6O4/c1-24-29(6-3-8-31(24)42-37(47)34-14-12-26(21-40-34)20-39-33-10-5-11-36(33)46)30-7-4-9-32(25(30)2)43-38(48)35-15-13-27(22-41-35)23-44-18-16-28(45)17-19-44/h3-4,6-9,12-15,21-22,28,33,36,39,45-46H,5,10-11,16-20,23H2,1-2H3,(H,42,47)(H,43,48)/t33-,36-/m1/s1. The molecule has 1 aliphatic carbocycles. The molecule has 2 aromatic carbocycles. The molecule has 2 aromatic heterocycles. The number of benzene rings is 2. The molecule has 3 heterocycles. The zero-order chi connectivity index (χ0) is 33.6. The fraction of sp³-hybridized carbons (Fsp3) is 0.368. The molecule has 0 spiro atoms. The number of carbonyl (C=O) groups excluding carboxylic acids is 2. The van der Waals surface area contributed by atoms with E-state index in [1.165, 1.54) is 0 Å². The number of amides is 2. The van der Waals surface area contributed by atoms with Crippen molar-refractivity contribution >= 4 is 23.2 Å². The van der Waals surface area contributed by atoms with E-state index in [4.69, 9.17) is 0 Å². The van der Waals surface area contributed by atoms with Gasteiger partial charge in [-0.15, -0.1) is 0 Å². The second-order valence-electron chi connectivity index (χ2n) is 13.0. The highest BCUT2D eigenvalue weighted by Crippen LogP contribution is 2.34. The summed E-state index contributed by atoms with van der Waals surface area (Å²) >= 11 is 0. The third kappa shape index (κ3) is 7.96. The van der Waals surface area contributed by atoms with Crippen molar-refractivity contribution in [3.8, 4) is 11.1 Å². The molecule has 2 atom stereocenters. The van der Waals surface area contributed by atoms with Gasteiger partial charge in [0.25, 0.3) is 11.8 Å². The van der Waals surface area contributed by atoms with E-state index in [0.717, 1.165) is 85.1 Å². The predicted molar refractivity (Wildman–Crippen MR) is 187 cm³/mol. The molecule has 5 N–H and O–H groups in total. The summed E-state index contributed by atoms with van der Waals surface area (Å²) < 4.78 is 0. The van der Waals surface area contributed by atoms with Crippen LogP contribution in [0.2, 0.25) is 0 Å². The molecule has 1 saturated heterocycles. The molecule has 4 aromatic rings. The number of hydrogen-bond donors (Lipinski definition) is 5. The first-order valence-electron chi connectivity index (χ1n) is 16.8. The van der Waals surface area contributed by atoms with Crippen LogP contribution in [0.3, 0.4) is 0 Å². The summed E-state index contributed by atoms with van der Waals surface area (Å²) in [4.78, 5) is 37.5. The minimum Gasteiger partial charge on any atom is -0.393 e. The van der Waals surface area contributed by atoms with Crippen LogP contribution >= 0.6 is 0 Å². The number of aliphatic hydroxyl groups excluding tert-OH is 2. The van der Waals surface area contributed by atoms with Crippen molar-refractivity contribution in [3.05, 3.63) is 107 Å². The fourth-order valence-electron chi connectivity index (χ4n) is 6.58. The average Bonchev–Trinajstić information content (AvgIpc) is 3.51. The van der Waals surface area contributed by atoms with Crippen molar-refractivity contribution in [1.82, 2.24) is 20.2 Å². The third-order valence-corrected chi connectivity index (χ3v) is 9.58. The van der Waals surface area contributed by atoms with Crippen LogP contribution in [0.4, 0.5) is 11.4 Å². The molecule has 0 bridgehead atoms. The van der Waals surface area contributed by atoms with Crippen molar-refractivity contribution in [3.63, 3.8) is 0 Å². The van der Waals surface area contributed by atoms with Crippen LogP contribution < -0.4 is 16.0 Å². The lowest BCUT2D eigenvalue weighted by atomic mass is 9.94. The molecule has 10 nitrogen and oxygen atoms in total. The number of nitrogens with zero attached hydrogens (tertiary/aromatic N) is 3. The topological polar surface area (TPSA) is 140 Å². The lowest BCUT2D eigenvalue weighted by Crippen LogP contribution is -2.35. The number of carbonyl (C=O) groups is 2. The zero-order valence-electron chi connectivity index (χ0n) is 27.6. The second kappa shape index (κ2) is 15.2. The Morgan fingerprint density at radius 3 is 1.81 bits per heavy atom. The van der Waals surface area contributed by atoms with Crippen LogP contribution in [0.1, 0.15) is 75.3 Å². The average molecular weight is 649 g/mol. The monoisotopic (exact) mass is 648 g/mol. The first-order valence-corrected chi connectivity index (χ1v) is 16.8. The Bertz CT molecular complexity index is 1740. The van der Waals surface area contributed by atoms with Gasteiger partial charge in [0, 0.05) is 56.0 Å². The Morgan fingerprint density at radius 2 is 1.31 bits per heavy atom. The molecule has 1 saturated carbocycles. The van der Waals surface area contributed by atoms with Gasteiger partial charge in [-0.05, 0) is 104 Å². The van der Waals surface area contributed by atoms with Crippen LogP contribution in [0.25, 0.3) is 11.1 Å². The molecular weight excluding hydrogens is 604 g/mol. The van der Waals surface area contributed by atoms with Crippen LogP contribution in [0, 0.1) is 13.8 Å². The number of anilines is 2. The molecule has 2 fully saturated rings. The van der Waals surface area contributed by atoms with Gasteiger partial charge in [0.15, 0.2) is 0 Å². The minimum atomic E-state index is -0.305. The van der Waals surface area contributed by atoms with E-state index in [1.807, 2.05) is 62.4 Å². The van der Waals surface area contributed by atoms with Crippen LogP contribution in [0.15, 0.2) is 73.1 Å². The van der Waals surface area contributed by atoms with E-state index in [0.29, 0.717) is 29.3 Å². The Labute approximate surface area is 281 Å². The van der Waals surface area contributed by atoms with E-state index in [2.05, 4.69) is 30.8 Å². The maximum atomic E-state index is 13.2. The molecule has 0 radical (unpaired) electrons. The van der Waals surface area contributed by atoms with E-state index in [1.54, 1.807) is 24.5 Å². The quantitative estimate of drug-likeness (QED) is 0.158. The molecule has 0 unspecified atom stereocenters. The summed E-state index contributed by atoms with van der Waals surface area (Å²) in [5.74, 6) is -0.585. The van der Waals surface area contributed by atoms with Crippen LogP contribution in [-0.4, -0.2) is 68.2 Å². The minimum absolute atomic E-state index is 0.102. The highest BCUT2D eigenvalue weighted by Gasteiger charge is 2.24. The summed E-state index contributed by atoms with van der Waals surface area (Å²) in [5.41, 5.74) is 7.69. The van der Waals surface area contributed by atoms with Crippen molar-refractivity contribution in [2.75, 3.05) is 23.7 Å². The van der Waals surface area contributed by atoms with Crippen molar-refractivity contribution in [2.45, 2.75) is 77.3 Å². The number of rotatable bonds is 10. The summed E-state index contributed by atoms with van der Waals surface area (Å²) in [6.07, 6.45) is 7.31. The number of hydrogen-bond acceptors (Lipinski definition) is 8. The van der Waals surface area contributed by atoms with Crippen LogP contribution in [0.5, 0.6) is 0 Å². The van der Waals surface area contributed by atoms with Gasteiger partial charge >= 0.3 is 0 Å². The maximum absolute atomic E-state index is 13.2. The van der Waals surface area contributed by atoms with Gasteiger partial charge in [0.05, 0.1) is 12.2 Å². The van der Waals surface area contributed by atoms with Gasteiger partial charge in [-0.2, -0.15) is 0 Å². The van der Waals surface area contributed by atoms with E-state index in [9.17, 15) is 19.8 Å². The summed E-state index contributed by atoms with van der Waals surface area (Å²) in [6.45, 7) is 6.97. The zero-order valence-corrected chi connectivity index (χ0v) is 27.6. The number of aliphatic hydroxyl groups is 2. The van der Waals surface area contributed by atoms with Gasteiger partial charge < -0.3 is 26.2 Å². The number of likely N-dealkylation sites (tertiary alicyclic amines) is 1. The molecule has 48 heavy (non-hydrogen) atoms. The predicted octanol–water partition coefficient (Wildman–Crippen LogP) is 5.22. The Balaban J connectivity index is 1.09. The van der Waals surface area contributed by atoms with E-state index in [-0.39, 0.29) is 30.1 Å². The molecule has 1 aliphatic heterocycles. The first-order chi connectivity index (χ1) is 23.2. The van der Waals surface area contributed by atoms with E-state index < -0.39 is 0 Å². The molecule has 2 amide bonds. The Kier molecular flexibility index (Phi) is 10.6. The van der Waals surface area contributed by atoms with Crippen molar-refractivity contribution < 1.29 is 19.8 Å². The van der Waals surface area contributed by atoms with Gasteiger partial charge in [-0.1, -0.05) is 36.4 Å². The Morgan fingerprint density at radius 1 is 0.750 bits per heavy atom. The van der Waals surface area contributed by atoms with Gasteiger partial charge in [0.1, 0.15) is 11.4 Å². The van der Waals surface area contributed by atoms with Gasteiger partial charge in [-0.3, -0.25) is 24.5 Å². The Hall–Kier alpha value is -4.48. The smallest absolute Gasteiger partial charge is 0.274 e. The summed E-state index contributed by atoms with van der Waals surface area (Å²) in [5, 5.41) is 29.2. The number of piperidine rings is 1. The molecule has 2 aliphatic rings. The summed E-state index contributed by atoms with van der Waals surface area (Å²) in [7, 11) is 0. The normalized spacial score (nSPS) is 18.5. The molecule has 10 heteroatoms. The number of pyridine rings is 2.